The van der Waals surface area contributed by atoms with E-state index in [2.05, 4.69) is 127 Å². The number of rotatable bonds is 20. The number of hydrogen-bond acceptors (Lipinski definition) is 29. The summed E-state index contributed by atoms with van der Waals surface area (Å²) in [7, 11) is -3.44. The van der Waals surface area contributed by atoms with Crippen molar-refractivity contribution in [3.63, 3.8) is 0 Å². The smallest absolute Gasteiger partial charge is 0.259 e. The second kappa shape index (κ2) is 40.7. The first kappa shape index (κ1) is 86.7. The number of aromatic nitrogens is 16. The van der Waals surface area contributed by atoms with Crippen LogP contribution in [0.1, 0.15) is 114 Å². The first-order valence-electron chi connectivity index (χ1n) is 38.8. The molecule has 4 saturated heterocycles. The number of pyridine rings is 4. The van der Waals surface area contributed by atoms with Crippen molar-refractivity contribution in [3.8, 4) is 46.1 Å². The molecule has 0 aliphatic carbocycles. The molecule has 4 aromatic carbocycles. The van der Waals surface area contributed by atoms with E-state index in [9.17, 15) is 42.0 Å². The highest BCUT2D eigenvalue weighted by molar-refractivity contribution is 7.90. The summed E-state index contributed by atoms with van der Waals surface area (Å²) in [4.78, 5) is 164. The average molecular weight is 1740 g/mol. The third kappa shape index (κ3) is 23.9. The van der Waals surface area contributed by atoms with Crippen LogP contribution in [0.15, 0.2) is 181 Å². The standard InChI is InChI=1S/2C21H20ClN7O2.C21H21N7O2.C20H19ClN6O3S/c1-13(30)24-14-7-8-16(22)15(12-14)19(31)27-20-25-18(17-6-2-3-9-23-17)26-21(28-20)29-10-4-5-11-29;1-13(30)24-14-7-8-15(16(22)12-14)19(31)27-20-25-18(17-6-2-3-9-23-17)26-21(28-20)29-10-4-5-11-29;1-14(29)23-16-9-7-15(8-10-16)19(30)26-20-24-18(17-6-2-3-11-22-17)25-21(27-20)28-12-4-5-13-28;1-31(29,30)13-7-8-14(15(21)12-13)18(28)25-19-23-17(16-6-2-3-9-22-16)24-20(26-19)27-10-4-5-11-27/h2*2-3,6-9,12H,4-5,10-11H2,1H3,(H,24,30)(H,25,26,27,28,31);2-3,6-11H,4-5,12-13H2,1H3,(H,23,29)(H,24,25,26,27,30);2-3,6-9,12H,4-5,10-11H2,1H3,(H,23,24,25,26,28). The quantitative estimate of drug-likeness (QED) is 0.0372. The lowest BCUT2D eigenvalue weighted by molar-refractivity contribution is -0.115. The van der Waals surface area contributed by atoms with Gasteiger partial charge in [0.05, 0.1) is 36.7 Å². The van der Waals surface area contributed by atoms with Gasteiger partial charge in [-0.25, -0.2) is 8.42 Å². The number of sulfone groups is 1. The molecule has 36 nitrogen and oxygen atoms in total. The number of carbonyl (C=O) groups is 7. The van der Waals surface area contributed by atoms with E-state index in [4.69, 9.17) is 34.8 Å². The van der Waals surface area contributed by atoms with Gasteiger partial charge in [-0.3, -0.25) is 74.8 Å². The van der Waals surface area contributed by atoms with Crippen LogP contribution in [-0.4, -0.2) is 188 Å². The van der Waals surface area contributed by atoms with E-state index >= 15 is 0 Å². The molecule has 4 aliphatic heterocycles. The predicted octanol–water partition coefficient (Wildman–Crippen LogP) is 12.4. The molecule has 8 aromatic heterocycles. The fraction of sp³-hybridized carbons (Fsp3) is 0.241. The van der Waals surface area contributed by atoms with Crippen LogP contribution in [0.3, 0.4) is 0 Å². The Balaban J connectivity index is 0.000000141. The minimum Gasteiger partial charge on any atom is -0.341 e. The molecule has 40 heteroatoms. The van der Waals surface area contributed by atoms with Gasteiger partial charge in [0.15, 0.2) is 33.1 Å². The Hall–Kier alpha value is -14.2. The van der Waals surface area contributed by atoms with Gasteiger partial charge >= 0.3 is 0 Å². The van der Waals surface area contributed by atoms with Crippen molar-refractivity contribution in [2.24, 2.45) is 0 Å². The molecule has 0 bridgehead atoms. The van der Waals surface area contributed by atoms with Crippen LogP contribution in [0.4, 0.5) is 64.6 Å². The highest BCUT2D eigenvalue weighted by Crippen LogP contribution is 2.31. The Morgan fingerprint density at radius 3 is 0.927 bits per heavy atom. The van der Waals surface area contributed by atoms with Crippen molar-refractivity contribution in [3.05, 3.63) is 214 Å². The molecular formula is C83H80Cl3N27O9S. The summed E-state index contributed by atoms with van der Waals surface area (Å²) in [5.41, 5.74) is 4.86. The van der Waals surface area contributed by atoms with Crippen LogP contribution in [0.2, 0.25) is 15.1 Å². The molecule has 12 aromatic rings. The lowest BCUT2D eigenvalue weighted by Crippen LogP contribution is -2.23. The summed E-state index contributed by atoms with van der Waals surface area (Å²) in [6.45, 7) is 10.9. The van der Waals surface area contributed by atoms with Gasteiger partial charge in [-0.2, -0.15) is 59.8 Å². The van der Waals surface area contributed by atoms with E-state index in [1.54, 1.807) is 104 Å². The monoisotopic (exact) mass is 1740 g/mol. The van der Waals surface area contributed by atoms with Crippen molar-refractivity contribution in [1.29, 1.82) is 0 Å². The molecule has 4 fully saturated rings. The average Bonchev–Trinajstić information content (AvgIpc) is 1.70. The van der Waals surface area contributed by atoms with E-state index in [-0.39, 0.29) is 84.1 Å². The summed E-state index contributed by atoms with van der Waals surface area (Å²) < 4.78 is 23.4. The van der Waals surface area contributed by atoms with Crippen LogP contribution in [0, 0.1) is 0 Å². The number of nitrogens with zero attached hydrogens (tertiary/aromatic N) is 20. The van der Waals surface area contributed by atoms with Gasteiger partial charge in [-0.15, -0.1) is 0 Å². The maximum absolute atomic E-state index is 12.9. The highest BCUT2D eigenvalue weighted by Gasteiger charge is 2.27. The predicted molar refractivity (Wildman–Crippen MR) is 467 cm³/mol. The topological polar surface area (TPSA) is 457 Å². The lowest BCUT2D eigenvalue weighted by atomic mass is 10.2. The normalized spacial score (nSPS) is 13.4. The van der Waals surface area contributed by atoms with Crippen molar-refractivity contribution in [1.82, 2.24) is 79.7 Å². The number of amides is 7. The maximum Gasteiger partial charge on any atom is 0.259 e. The van der Waals surface area contributed by atoms with E-state index in [1.807, 2.05) is 46.2 Å². The van der Waals surface area contributed by atoms with Crippen molar-refractivity contribution >= 4 is 151 Å². The van der Waals surface area contributed by atoms with Crippen molar-refractivity contribution < 1.29 is 42.0 Å². The highest BCUT2D eigenvalue weighted by atomic mass is 35.5. The number of halogens is 3. The van der Waals surface area contributed by atoms with Crippen molar-refractivity contribution in [2.75, 3.05) is 115 Å². The minimum atomic E-state index is -3.44. The van der Waals surface area contributed by atoms with E-state index < -0.39 is 27.6 Å². The minimum absolute atomic E-state index is 0.0131. The molecule has 628 valence electrons. The van der Waals surface area contributed by atoms with Gasteiger partial charge < -0.3 is 35.6 Å². The second-order valence-electron chi connectivity index (χ2n) is 28.0. The van der Waals surface area contributed by atoms with E-state index in [0.717, 1.165) is 110 Å². The van der Waals surface area contributed by atoms with Crippen LogP contribution in [0.5, 0.6) is 0 Å². The molecule has 7 N–H and O–H groups in total. The summed E-state index contributed by atoms with van der Waals surface area (Å²) in [5, 5.41) is 19.2. The van der Waals surface area contributed by atoms with Crippen LogP contribution < -0.4 is 56.8 Å². The molecular weight excluding hydrogens is 1660 g/mol. The first-order valence-corrected chi connectivity index (χ1v) is 41.9. The second-order valence-corrected chi connectivity index (χ2v) is 31.2. The number of benzene rings is 4. The van der Waals surface area contributed by atoms with Gasteiger partial charge in [0, 0.05) is 127 Å². The van der Waals surface area contributed by atoms with Gasteiger partial charge in [-0.1, -0.05) is 59.1 Å². The third-order valence-corrected chi connectivity index (χ3v) is 20.7. The van der Waals surface area contributed by atoms with Crippen LogP contribution in [-0.2, 0) is 24.2 Å². The van der Waals surface area contributed by atoms with E-state index in [1.165, 1.54) is 57.2 Å². The fourth-order valence-corrected chi connectivity index (χ4v) is 14.3. The lowest BCUT2D eigenvalue weighted by Gasteiger charge is -2.16. The van der Waals surface area contributed by atoms with Crippen LogP contribution in [0.25, 0.3) is 46.1 Å². The Labute approximate surface area is 720 Å². The molecule has 0 spiro atoms. The first-order chi connectivity index (χ1) is 59.4. The number of nitrogens with one attached hydrogen (secondary N) is 7. The molecule has 0 saturated carbocycles. The Morgan fingerprint density at radius 2 is 0.610 bits per heavy atom. The van der Waals surface area contributed by atoms with E-state index in [0.29, 0.717) is 92.5 Å². The molecule has 0 unspecified atom stereocenters. The molecule has 12 heterocycles. The van der Waals surface area contributed by atoms with Crippen LogP contribution >= 0.6 is 34.8 Å². The van der Waals surface area contributed by atoms with Gasteiger partial charge in [-0.05, 0) is 179 Å². The largest absolute Gasteiger partial charge is 0.341 e. The molecule has 123 heavy (non-hydrogen) atoms. The summed E-state index contributed by atoms with van der Waals surface area (Å²) >= 11 is 18.6. The summed E-state index contributed by atoms with van der Waals surface area (Å²) in [5.74, 6) is 1.38. The number of hydrogen-bond donors (Lipinski definition) is 7. The molecule has 4 aliphatic rings. The Kier molecular flexibility index (Phi) is 28.7. The third-order valence-electron chi connectivity index (χ3n) is 18.7. The molecule has 0 radical (unpaired) electrons. The Bertz CT molecular complexity index is 5970. The number of carbonyl (C=O) groups excluding carboxylic acids is 7. The Morgan fingerprint density at radius 1 is 0.309 bits per heavy atom. The fourth-order valence-electron chi connectivity index (χ4n) is 12.8. The van der Waals surface area contributed by atoms with Crippen molar-refractivity contribution in [2.45, 2.75) is 77.0 Å². The number of anilines is 11. The zero-order valence-electron chi connectivity index (χ0n) is 66.7. The SMILES string of the molecule is CC(=O)Nc1ccc(C(=O)Nc2nc(-c3ccccn3)nc(N3CCCC3)n2)c(Cl)c1.CC(=O)Nc1ccc(C(=O)Nc2nc(-c3ccccn3)nc(N3CCCC3)n2)cc1.CC(=O)Nc1ccc(Cl)c(C(=O)Nc2nc(-c3ccccn3)nc(N3CCCC3)n2)c1.CS(=O)(=O)c1ccc(C(=O)Nc2nc(-c3ccccn3)nc(N3CCCC3)n2)c(Cl)c1. The van der Waals surface area contributed by atoms with Gasteiger partial charge in [0.1, 0.15) is 22.8 Å². The zero-order valence-corrected chi connectivity index (χ0v) is 69.8. The summed E-state index contributed by atoms with van der Waals surface area (Å²) in [6.07, 6.45) is 16.1. The molecule has 0 atom stereocenters. The summed E-state index contributed by atoms with van der Waals surface area (Å²) in [6, 6.07) is 41.6. The zero-order chi connectivity index (χ0) is 86.5. The molecule has 16 rings (SSSR count). The maximum atomic E-state index is 12.9. The molecule has 7 amide bonds. The van der Waals surface area contributed by atoms with Gasteiger partial charge in [0.25, 0.3) is 23.6 Å². The van der Waals surface area contributed by atoms with Gasteiger partial charge in [0.2, 0.25) is 65.3 Å².